The van der Waals surface area contributed by atoms with E-state index in [9.17, 15) is 4.39 Å². The SMILES string of the molecule is Cc1ccc(Br)c(F)c1C1(N)CCCCC1. The summed E-state index contributed by atoms with van der Waals surface area (Å²) >= 11 is 3.24. The predicted octanol–water partition coefficient (Wildman–Crippen LogP) is 4.01. The fraction of sp³-hybridized carbons (Fsp3) is 0.538. The fourth-order valence-corrected chi connectivity index (χ4v) is 3.02. The Balaban J connectivity index is 2.49. The molecule has 0 bridgehead atoms. The Labute approximate surface area is 104 Å². The summed E-state index contributed by atoms with van der Waals surface area (Å²) in [6, 6.07) is 3.69. The van der Waals surface area contributed by atoms with Crippen LogP contribution >= 0.6 is 15.9 Å². The largest absolute Gasteiger partial charge is 0.321 e. The van der Waals surface area contributed by atoms with E-state index in [0.717, 1.165) is 31.2 Å². The summed E-state index contributed by atoms with van der Waals surface area (Å²) in [6.45, 7) is 1.94. The molecule has 1 aliphatic carbocycles. The van der Waals surface area contributed by atoms with Crippen LogP contribution in [0, 0.1) is 12.7 Å². The summed E-state index contributed by atoms with van der Waals surface area (Å²) in [4.78, 5) is 0. The quantitative estimate of drug-likeness (QED) is 0.829. The Morgan fingerprint density at radius 3 is 2.50 bits per heavy atom. The summed E-state index contributed by atoms with van der Waals surface area (Å²) < 4.78 is 14.7. The van der Waals surface area contributed by atoms with Crippen LogP contribution in [0.1, 0.15) is 43.2 Å². The fourth-order valence-electron chi connectivity index (χ4n) is 2.69. The van der Waals surface area contributed by atoms with Gasteiger partial charge in [-0.05, 0) is 47.3 Å². The van der Waals surface area contributed by atoms with Crippen LogP contribution in [0.3, 0.4) is 0 Å². The van der Waals surface area contributed by atoms with Crippen LogP contribution in [-0.4, -0.2) is 0 Å². The van der Waals surface area contributed by atoms with Gasteiger partial charge in [0.15, 0.2) is 0 Å². The Bertz CT molecular complexity index is 397. The number of nitrogens with two attached hydrogens (primary N) is 1. The second-order valence-electron chi connectivity index (χ2n) is 4.77. The number of rotatable bonds is 1. The number of benzene rings is 1. The lowest BCUT2D eigenvalue weighted by Crippen LogP contribution is -2.40. The lowest BCUT2D eigenvalue weighted by molar-refractivity contribution is 0.291. The summed E-state index contributed by atoms with van der Waals surface area (Å²) in [7, 11) is 0. The number of hydrogen-bond donors (Lipinski definition) is 1. The van der Waals surface area contributed by atoms with Gasteiger partial charge in [-0.15, -0.1) is 0 Å². The topological polar surface area (TPSA) is 26.0 Å². The highest BCUT2D eigenvalue weighted by Crippen LogP contribution is 2.39. The molecule has 1 aliphatic rings. The standard InChI is InChI=1S/C13H17BrFN/c1-9-5-6-10(14)12(15)11(9)13(16)7-3-2-4-8-13/h5-6H,2-4,7-8,16H2,1H3. The van der Waals surface area contributed by atoms with Crippen molar-refractivity contribution < 1.29 is 4.39 Å². The zero-order chi connectivity index (χ0) is 11.8. The average molecular weight is 286 g/mol. The molecule has 0 aromatic heterocycles. The summed E-state index contributed by atoms with van der Waals surface area (Å²) in [5, 5.41) is 0. The Morgan fingerprint density at radius 2 is 1.88 bits per heavy atom. The molecular formula is C13H17BrFN. The van der Waals surface area contributed by atoms with Crippen molar-refractivity contribution in [2.24, 2.45) is 5.73 Å². The van der Waals surface area contributed by atoms with Gasteiger partial charge in [0, 0.05) is 11.1 Å². The van der Waals surface area contributed by atoms with E-state index in [4.69, 9.17) is 5.73 Å². The normalized spacial score (nSPS) is 19.8. The van der Waals surface area contributed by atoms with Crippen LogP contribution in [0.4, 0.5) is 4.39 Å². The minimum Gasteiger partial charge on any atom is -0.321 e. The first-order valence-electron chi connectivity index (χ1n) is 5.78. The van der Waals surface area contributed by atoms with Crippen molar-refractivity contribution in [3.63, 3.8) is 0 Å². The van der Waals surface area contributed by atoms with Crippen molar-refractivity contribution >= 4 is 15.9 Å². The summed E-state index contributed by atoms with van der Waals surface area (Å²) in [5.74, 6) is -0.176. The highest BCUT2D eigenvalue weighted by atomic mass is 79.9. The Kier molecular flexibility index (Phi) is 3.36. The highest BCUT2D eigenvalue weighted by Gasteiger charge is 2.33. The van der Waals surface area contributed by atoms with Crippen LogP contribution in [0.5, 0.6) is 0 Å². The van der Waals surface area contributed by atoms with Gasteiger partial charge in [-0.1, -0.05) is 25.3 Å². The van der Waals surface area contributed by atoms with Crippen LogP contribution in [0.25, 0.3) is 0 Å². The zero-order valence-electron chi connectivity index (χ0n) is 9.52. The van der Waals surface area contributed by atoms with Crippen molar-refractivity contribution in [2.75, 3.05) is 0 Å². The minimum absolute atomic E-state index is 0.176. The van der Waals surface area contributed by atoms with Gasteiger partial charge >= 0.3 is 0 Å². The van der Waals surface area contributed by atoms with Crippen LogP contribution in [0.2, 0.25) is 0 Å². The molecule has 1 aromatic rings. The molecular weight excluding hydrogens is 269 g/mol. The molecule has 0 spiro atoms. The van der Waals surface area contributed by atoms with Crippen molar-refractivity contribution in [3.05, 3.63) is 33.5 Å². The second-order valence-corrected chi connectivity index (χ2v) is 5.62. The van der Waals surface area contributed by atoms with E-state index in [0.29, 0.717) is 10.0 Å². The van der Waals surface area contributed by atoms with Gasteiger partial charge in [0.05, 0.1) is 4.47 Å². The molecule has 88 valence electrons. The molecule has 0 atom stereocenters. The first kappa shape index (κ1) is 12.1. The second kappa shape index (κ2) is 4.46. The van der Waals surface area contributed by atoms with E-state index in [1.807, 2.05) is 13.0 Å². The van der Waals surface area contributed by atoms with Crippen molar-refractivity contribution in [1.82, 2.24) is 0 Å². The molecule has 2 rings (SSSR count). The molecule has 0 saturated heterocycles. The van der Waals surface area contributed by atoms with Gasteiger partial charge in [-0.2, -0.15) is 0 Å². The average Bonchev–Trinajstić information content (AvgIpc) is 2.25. The third kappa shape index (κ3) is 2.03. The molecule has 1 nitrogen and oxygen atoms in total. The first-order chi connectivity index (χ1) is 7.54. The maximum Gasteiger partial charge on any atom is 0.142 e. The van der Waals surface area contributed by atoms with Crippen molar-refractivity contribution in [2.45, 2.75) is 44.6 Å². The van der Waals surface area contributed by atoms with Crippen LogP contribution in [-0.2, 0) is 5.54 Å². The van der Waals surface area contributed by atoms with Crippen LogP contribution in [0.15, 0.2) is 16.6 Å². The minimum atomic E-state index is -0.462. The van der Waals surface area contributed by atoms with Gasteiger partial charge in [0.25, 0.3) is 0 Å². The van der Waals surface area contributed by atoms with Gasteiger partial charge < -0.3 is 5.73 Å². The lowest BCUT2D eigenvalue weighted by atomic mass is 9.76. The maximum atomic E-state index is 14.2. The first-order valence-corrected chi connectivity index (χ1v) is 6.58. The molecule has 1 aromatic carbocycles. The number of aryl methyl sites for hydroxylation is 1. The smallest absolute Gasteiger partial charge is 0.142 e. The molecule has 16 heavy (non-hydrogen) atoms. The third-order valence-corrected chi connectivity index (χ3v) is 4.16. The van der Waals surface area contributed by atoms with Crippen molar-refractivity contribution in [1.29, 1.82) is 0 Å². The van der Waals surface area contributed by atoms with E-state index >= 15 is 0 Å². The third-order valence-electron chi connectivity index (χ3n) is 3.55. The predicted molar refractivity (Wildman–Crippen MR) is 67.8 cm³/mol. The Hall–Kier alpha value is -0.410. The molecule has 1 fully saturated rings. The Morgan fingerprint density at radius 1 is 1.25 bits per heavy atom. The van der Waals surface area contributed by atoms with Gasteiger partial charge in [0.2, 0.25) is 0 Å². The number of halogens is 2. The molecule has 0 amide bonds. The lowest BCUT2D eigenvalue weighted by Gasteiger charge is -2.35. The van der Waals surface area contributed by atoms with Gasteiger partial charge in [0.1, 0.15) is 5.82 Å². The maximum absolute atomic E-state index is 14.2. The highest BCUT2D eigenvalue weighted by molar-refractivity contribution is 9.10. The molecule has 0 radical (unpaired) electrons. The van der Waals surface area contributed by atoms with Crippen LogP contribution < -0.4 is 5.73 Å². The zero-order valence-corrected chi connectivity index (χ0v) is 11.1. The van der Waals surface area contributed by atoms with E-state index in [1.54, 1.807) is 6.07 Å². The van der Waals surface area contributed by atoms with Gasteiger partial charge in [-0.25, -0.2) is 4.39 Å². The molecule has 3 heteroatoms. The molecule has 0 aliphatic heterocycles. The van der Waals surface area contributed by atoms with Crippen molar-refractivity contribution in [3.8, 4) is 0 Å². The van der Waals surface area contributed by atoms with E-state index < -0.39 is 5.54 Å². The van der Waals surface area contributed by atoms with Gasteiger partial charge in [-0.3, -0.25) is 0 Å². The monoisotopic (exact) mass is 285 g/mol. The summed E-state index contributed by atoms with van der Waals surface area (Å²) in [5.41, 5.74) is 7.60. The van der Waals surface area contributed by atoms with E-state index in [2.05, 4.69) is 15.9 Å². The van der Waals surface area contributed by atoms with E-state index in [-0.39, 0.29) is 5.82 Å². The number of hydrogen-bond acceptors (Lipinski definition) is 1. The molecule has 2 N–H and O–H groups in total. The molecule has 0 heterocycles. The van der Waals surface area contributed by atoms with E-state index in [1.165, 1.54) is 6.42 Å². The molecule has 0 unspecified atom stereocenters. The molecule has 1 saturated carbocycles. The summed E-state index contributed by atoms with van der Waals surface area (Å²) in [6.07, 6.45) is 5.19.